The third kappa shape index (κ3) is 0.819. The van der Waals surface area contributed by atoms with E-state index in [1.165, 1.54) is 0 Å². The Morgan fingerprint density at radius 2 is 1.81 bits per heavy atom. The van der Waals surface area contributed by atoms with Crippen molar-refractivity contribution in [2.24, 2.45) is 16.7 Å². The third-order valence-corrected chi connectivity index (χ3v) is 4.66. The second-order valence-corrected chi connectivity index (χ2v) is 5.14. The van der Waals surface area contributed by atoms with E-state index in [0.29, 0.717) is 19.3 Å². The maximum absolute atomic E-state index is 12.2. The molecule has 2 amide bonds. The Bertz CT molecular complexity index is 437. The number of nitrogens with one attached hydrogen (secondary N) is 1. The Labute approximate surface area is 94.6 Å². The molecule has 16 heavy (non-hydrogen) atoms. The van der Waals surface area contributed by atoms with Crippen LogP contribution in [-0.2, 0) is 9.59 Å². The second kappa shape index (κ2) is 2.84. The van der Waals surface area contributed by atoms with Crippen molar-refractivity contribution in [1.29, 1.82) is 0 Å². The van der Waals surface area contributed by atoms with Crippen LogP contribution >= 0.6 is 0 Å². The van der Waals surface area contributed by atoms with E-state index >= 15 is 0 Å². The van der Waals surface area contributed by atoms with E-state index in [0.717, 1.165) is 0 Å². The Kier molecular flexibility index (Phi) is 1.74. The maximum Gasteiger partial charge on any atom is 0.234 e. The van der Waals surface area contributed by atoms with Crippen LogP contribution in [-0.4, -0.2) is 11.8 Å². The minimum absolute atomic E-state index is 0.0706. The summed E-state index contributed by atoms with van der Waals surface area (Å²) in [5, 5.41) is 2.55. The molecule has 3 aliphatic rings. The molecule has 3 atom stereocenters. The summed E-state index contributed by atoms with van der Waals surface area (Å²) in [5.74, 6) is -0.00519. The molecule has 0 saturated carbocycles. The summed E-state index contributed by atoms with van der Waals surface area (Å²) in [6.45, 7) is 2.04. The number of carbonyl (C=O) groups excluding carboxylic acids is 2. The van der Waals surface area contributed by atoms with Gasteiger partial charge >= 0.3 is 0 Å². The van der Waals surface area contributed by atoms with Gasteiger partial charge < -0.3 is 0 Å². The van der Waals surface area contributed by atoms with E-state index in [1.54, 1.807) is 0 Å². The fourth-order valence-corrected chi connectivity index (χ4v) is 3.70. The first-order valence-electron chi connectivity index (χ1n) is 5.81. The molecule has 1 saturated heterocycles. The van der Waals surface area contributed by atoms with Crippen LogP contribution in [0, 0.1) is 16.7 Å². The number of hydrogen-bond donors (Lipinski definition) is 1. The van der Waals surface area contributed by atoms with Gasteiger partial charge in [-0.25, -0.2) is 0 Å². The lowest BCUT2D eigenvalue weighted by Crippen LogP contribution is -2.51. The summed E-state index contributed by atoms with van der Waals surface area (Å²) < 4.78 is 0. The van der Waals surface area contributed by atoms with Crippen LogP contribution < -0.4 is 5.32 Å². The van der Waals surface area contributed by atoms with Crippen molar-refractivity contribution in [2.75, 3.05) is 0 Å². The smallest absolute Gasteiger partial charge is 0.234 e. The summed E-state index contributed by atoms with van der Waals surface area (Å²) in [6.07, 6.45) is 10.3. The minimum Gasteiger partial charge on any atom is -0.295 e. The molecule has 0 unspecified atom stereocenters. The van der Waals surface area contributed by atoms with Crippen molar-refractivity contribution in [3.05, 3.63) is 24.3 Å². The van der Waals surface area contributed by atoms with Gasteiger partial charge in [0.1, 0.15) is 0 Å². The van der Waals surface area contributed by atoms with Crippen LogP contribution in [0.2, 0.25) is 0 Å². The number of rotatable bonds is 0. The summed E-state index contributed by atoms with van der Waals surface area (Å²) in [5.41, 5.74) is -1.03. The molecule has 1 heterocycles. The molecule has 0 bridgehead atoms. The van der Waals surface area contributed by atoms with Crippen molar-refractivity contribution >= 4 is 11.8 Å². The van der Waals surface area contributed by atoms with Crippen LogP contribution in [0.1, 0.15) is 26.2 Å². The zero-order chi connectivity index (χ0) is 11.4. The van der Waals surface area contributed by atoms with Crippen molar-refractivity contribution in [3.63, 3.8) is 0 Å². The molecular weight excluding hydrogens is 202 g/mol. The Morgan fingerprint density at radius 1 is 1.12 bits per heavy atom. The van der Waals surface area contributed by atoms with E-state index in [-0.39, 0.29) is 17.7 Å². The van der Waals surface area contributed by atoms with Crippen molar-refractivity contribution in [2.45, 2.75) is 26.2 Å². The van der Waals surface area contributed by atoms with Crippen LogP contribution in [0.5, 0.6) is 0 Å². The third-order valence-electron chi connectivity index (χ3n) is 4.66. The molecule has 1 fully saturated rings. The van der Waals surface area contributed by atoms with Gasteiger partial charge in [-0.15, -0.1) is 0 Å². The zero-order valence-electron chi connectivity index (χ0n) is 9.32. The van der Waals surface area contributed by atoms with E-state index < -0.39 is 10.8 Å². The van der Waals surface area contributed by atoms with Crippen molar-refractivity contribution < 1.29 is 9.59 Å². The van der Waals surface area contributed by atoms with Gasteiger partial charge in [0.05, 0.1) is 10.8 Å². The molecule has 1 N–H and O–H groups in total. The van der Waals surface area contributed by atoms with Gasteiger partial charge in [0.15, 0.2) is 0 Å². The molecular formula is C13H15NO2. The highest BCUT2D eigenvalue weighted by atomic mass is 16.2. The van der Waals surface area contributed by atoms with Crippen LogP contribution in [0.25, 0.3) is 0 Å². The summed E-state index contributed by atoms with van der Waals surface area (Å²) >= 11 is 0. The Morgan fingerprint density at radius 3 is 2.56 bits per heavy atom. The van der Waals surface area contributed by atoms with E-state index in [4.69, 9.17) is 0 Å². The fourth-order valence-electron chi connectivity index (χ4n) is 3.70. The molecule has 3 nitrogen and oxygen atoms in total. The van der Waals surface area contributed by atoms with Crippen molar-refractivity contribution in [3.8, 4) is 0 Å². The van der Waals surface area contributed by atoms with Gasteiger partial charge in [-0.05, 0) is 25.2 Å². The van der Waals surface area contributed by atoms with Crippen LogP contribution in [0.15, 0.2) is 24.3 Å². The molecule has 2 aliphatic carbocycles. The lowest BCUT2D eigenvalue weighted by molar-refractivity contribution is -0.139. The average Bonchev–Trinajstić information content (AvgIpc) is 2.51. The topological polar surface area (TPSA) is 46.2 Å². The number of amides is 2. The van der Waals surface area contributed by atoms with Gasteiger partial charge in [0, 0.05) is 0 Å². The minimum atomic E-state index is -0.520. The fraction of sp³-hybridized carbons (Fsp3) is 0.538. The second-order valence-electron chi connectivity index (χ2n) is 5.14. The van der Waals surface area contributed by atoms with Gasteiger partial charge in [0.2, 0.25) is 11.8 Å². The summed E-state index contributed by atoms with van der Waals surface area (Å²) in [4.78, 5) is 24.3. The van der Waals surface area contributed by atoms with Gasteiger partial charge in [0.25, 0.3) is 0 Å². The maximum atomic E-state index is 12.2. The van der Waals surface area contributed by atoms with E-state index in [2.05, 4.69) is 17.5 Å². The Balaban J connectivity index is 2.26. The van der Waals surface area contributed by atoms with Crippen LogP contribution in [0.3, 0.4) is 0 Å². The Hall–Kier alpha value is -1.38. The molecule has 3 heteroatoms. The first-order valence-corrected chi connectivity index (χ1v) is 5.81. The lowest BCUT2D eigenvalue weighted by atomic mass is 9.51. The summed E-state index contributed by atoms with van der Waals surface area (Å²) in [6, 6.07) is 0. The van der Waals surface area contributed by atoms with E-state index in [9.17, 15) is 9.59 Å². The molecule has 0 radical (unpaired) electrons. The van der Waals surface area contributed by atoms with Crippen LogP contribution in [0.4, 0.5) is 0 Å². The zero-order valence-corrected chi connectivity index (χ0v) is 9.32. The van der Waals surface area contributed by atoms with E-state index in [1.807, 2.05) is 19.1 Å². The highest BCUT2D eigenvalue weighted by Crippen LogP contribution is 2.60. The predicted octanol–water partition coefficient (Wildman–Crippen LogP) is 1.56. The normalized spacial score (nSPS) is 45.2. The highest BCUT2D eigenvalue weighted by molar-refractivity contribution is 6.10. The average molecular weight is 217 g/mol. The molecule has 0 aromatic carbocycles. The van der Waals surface area contributed by atoms with Gasteiger partial charge in [-0.2, -0.15) is 0 Å². The highest BCUT2D eigenvalue weighted by Gasteiger charge is 2.67. The molecule has 1 aliphatic heterocycles. The number of carbonyl (C=O) groups is 2. The predicted molar refractivity (Wildman–Crippen MR) is 59.3 cm³/mol. The summed E-state index contributed by atoms with van der Waals surface area (Å²) in [7, 11) is 0. The quantitative estimate of drug-likeness (QED) is 0.494. The largest absolute Gasteiger partial charge is 0.295 e. The molecule has 3 rings (SSSR count). The molecule has 0 aromatic heterocycles. The standard InChI is InChI=1S/C13H15NO2/c1-9-5-4-7-12-6-2-3-8-13(9,12)11(16)14-10(12)15/h2-5,9H,6-8H2,1H3,(H,14,15,16)/t9-,12-,13-/m1/s1. The first-order chi connectivity index (χ1) is 7.63. The first kappa shape index (κ1) is 9.82. The van der Waals surface area contributed by atoms with Gasteiger partial charge in [-0.3, -0.25) is 14.9 Å². The number of imide groups is 1. The monoisotopic (exact) mass is 217 g/mol. The number of hydrogen-bond acceptors (Lipinski definition) is 2. The van der Waals surface area contributed by atoms with Crippen molar-refractivity contribution in [1.82, 2.24) is 5.32 Å². The molecule has 0 spiro atoms. The number of allylic oxidation sites excluding steroid dienone is 4. The molecule has 0 aromatic rings. The molecule has 84 valence electrons. The van der Waals surface area contributed by atoms with Gasteiger partial charge in [-0.1, -0.05) is 31.2 Å². The lowest BCUT2D eigenvalue weighted by Gasteiger charge is -2.48. The SMILES string of the molecule is C[C@@H]1C=CC[C@@]23CC=CC[C@]12C(=O)NC3=O.